The Morgan fingerprint density at radius 3 is 2.04 bits per heavy atom. The van der Waals surface area contributed by atoms with Crippen molar-refractivity contribution < 1.29 is 4.74 Å². The number of benzene rings is 3. The highest BCUT2D eigenvalue weighted by molar-refractivity contribution is 6.13. The normalized spacial score (nSPS) is 16.2. The van der Waals surface area contributed by atoms with Gasteiger partial charge in [0.2, 0.25) is 0 Å². The Labute approximate surface area is 147 Å². The third-order valence-corrected chi connectivity index (χ3v) is 5.23. The number of rotatable bonds is 3. The van der Waals surface area contributed by atoms with Crippen molar-refractivity contribution in [3.05, 3.63) is 95.6 Å². The van der Waals surface area contributed by atoms with E-state index < -0.39 is 0 Å². The number of fused-ring (bicyclic) bond motifs is 2. The van der Waals surface area contributed by atoms with E-state index in [1.807, 2.05) is 12.1 Å². The molecule has 0 atom stereocenters. The van der Waals surface area contributed by atoms with E-state index in [0.717, 1.165) is 34.9 Å². The van der Waals surface area contributed by atoms with Crippen molar-refractivity contribution in [2.75, 3.05) is 6.61 Å². The zero-order chi connectivity index (χ0) is 16.7. The van der Waals surface area contributed by atoms with Crippen LogP contribution >= 0.6 is 0 Å². The molecule has 1 fully saturated rings. The number of nitrogens with zero attached hydrogens (tertiary/aromatic N) is 1. The molecule has 0 amide bonds. The topological polar surface area (TPSA) is 21.6 Å². The Hall–Kier alpha value is -2.87. The molecule has 0 N–H and O–H groups in total. The smallest absolute Gasteiger partial charge is 0.123 e. The summed E-state index contributed by atoms with van der Waals surface area (Å²) in [5.41, 5.74) is 5.89. The molecule has 3 aromatic rings. The van der Waals surface area contributed by atoms with Gasteiger partial charge in [-0.25, -0.2) is 4.99 Å². The van der Waals surface area contributed by atoms with Crippen LogP contribution in [0.4, 0.5) is 5.69 Å². The molecule has 3 aromatic carbocycles. The molecule has 2 nitrogen and oxygen atoms in total. The van der Waals surface area contributed by atoms with Gasteiger partial charge in [-0.15, -0.1) is 0 Å². The Balaban J connectivity index is 1.63. The van der Waals surface area contributed by atoms with Gasteiger partial charge in [-0.3, -0.25) is 0 Å². The van der Waals surface area contributed by atoms with E-state index in [9.17, 15) is 0 Å². The molecule has 0 aromatic heterocycles. The molecule has 1 aliphatic heterocycles. The standard InChI is InChI=1S/C23H19NO/c1-3-7-17(8-4-1)22(18-9-5-2-6-10-18)24-19-11-12-21-20(15-19)23(13-14-23)16-25-21/h1-12,15H,13-14,16H2. The summed E-state index contributed by atoms with van der Waals surface area (Å²) in [6.07, 6.45) is 2.47. The van der Waals surface area contributed by atoms with Crippen LogP contribution in [0.3, 0.4) is 0 Å². The highest BCUT2D eigenvalue weighted by Gasteiger charge is 2.50. The molecule has 2 heteroatoms. The van der Waals surface area contributed by atoms with Gasteiger partial charge in [-0.2, -0.15) is 0 Å². The van der Waals surface area contributed by atoms with Crippen molar-refractivity contribution in [3.8, 4) is 5.75 Å². The average molecular weight is 325 g/mol. The van der Waals surface area contributed by atoms with Crippen LogP contribution in [-0.4, -0.2) is 12.3 Å². The van der Waals surface area contributed by atoms with Gasteiger partial charge in [0.05, 0.1) is 18.0 Å². The number of hydrogen-bond acceptors (Lipinski definition) is 2. The molecule has 122 valence electrons. The van der Waals surface area contributed by atoms with Crippen LogP contribution < -0.4 is 4.74 Å². The first-order valence-corrected chi connectivity index (χ1v) is 8.81. The first-order valence-electron chi connectivity index (χ1n) is 8.81. The zero-order valence-corrected chi connectivity index (χ0v) is 14.0. The second-order valence-electron chi connectivity index (χ2n) is 6.94. The van der Waals surface area contributed by atoms with Gasteiger partial charge in [0.15, 0.2) is 0 Å². The van der Waals surface area contributed by atoms with Crippen molar-refractivity contribution in [1.82, 2.24) is 0 Å². The molecule has 0 radical (unpaired) electrons. The largest absolute Gasteiger partial charge is 0.492 e. The van der Waals surface area contributed by atoms with Gasteiger partial charge in [0.1, 0.15) is 5.75 Å². The minimum Gasteiger partial charge on any atom is -0.492 e. The minimum atomic E-state index is 0.278. The summed E-state index contributed by atoms with van der Waals surface area (Å²) in [6.45, 7) is 0.833. The predicted octanol–water partition coefficient (Wildman–Crippen LogP) is 5.28. The molecule has 1 saturated carbocycles. The predicted molar refractivity (Wildman–Crippen MR) is 101 cm³/mol. The number of hydrogen-bond donors (Lipinski definition) is 0. The molecule has 1 spiro atoms. The van der Waals surface area contributed by atoms with Crippen LogP contribution in [0.5, 0.6) is 5.75 Å². The summed E-state index contributed by atoms with van der Waals surface area (Å²) in [4.78, 5) is 5.03. The van der Waals surface area contributed by atoms with E-state index in [0.29, 0.717) is 0 Å². The quantitative estimate of drug-likeness (QED) is 0.600. The fraction of sp³-hybridized carbons (Fsp3) is 0.174. The van der Waals surface area contributed by atoms with Crippen molar-refractivity contribution in [2.24, 2.45) is 4.99 Å². The third-order valence-electron chi connectivity index (χ3n) is 5.23. The van der Waals surface area contributed by atoms with Crippen molar-refractivity contribution in [2.45, 2.75) is 18.3 Å². The van der Waals surface area contributed by atoms with Gasteiger partial charge >= 0.3 is 0 Å². The van der Waals surface area contributed by atoms with Crippen LogP contribution in [0.15, 0.2) is 83.9 Å². The first kappa shape index (κ1) is 14.5. The lowest BCUT2D eigenvalue weighted by Gasteiger charge is -2.09. The van der Waals surface area contributed by atoms with E-state index >= 15 is 0 Å². The summed E-state index contributed by atoms with van der Waals surface area (Å²) < 4.78 is 5.86. The van der Waals surface area contributed by atoms with E-state index in [-0.39, 0.29) is 5.41 Å². The lowest BCUT2D eigenvalue weighted by atomic mass is 9.98. The molecular formula is C23H19NO. The van der Waals surface area contributed by atoms with Gasteiger partial charge in [0, 0.05) is 22.1 Å². The highest BCUT2D eigenvalue weighted by atomic mass is 16.5. The number of aliphatic imine (C=N–C) groups is 1. The molecular weight excluding hydrogens is 306 g/mol. The summed E-state index contributed by atoms with van der Waals surface area (Å²) in [7, 11) is 0. The van der Waals surface area contributed by atoms with Gasteiger partial charge in [-0.1, -0.05) is 60.7 Å². The summed E-state index contributed by atoms with van der Waals surface area (Å²) in [6, 6.07) is 27.1. The van der Waals surface area contributed by atoms with E-state index in [2.05, 4.69) is 66.7 Å². The van der Waals surface area contributed by atoms with Crippen LogP contribution in [0.2, 0.25) is 0 Å². The molecule has 5 rings (SSSR count). The second kappa shape index (κ2) is 5.59. The highest BCUT2D eigenvalue weighted by Crippen LogP contribution is 2.56. The van der Waals surface area contributed by atoms with Crippen LogP contribution in [0.1, 0.15) is 29.5 Å². The Morgan fingerprint density at radius 2 is 1.44 bits per heavy atom. The summed E-state index contributed by atoms with van der Waals surface area (Å²) >= 11 is 0. The molecule has 25 heavy (non-hydrogen) atoms. The number of ether oxygens (including phenoxy) is 1. The SMILES string of the molecule is c1ccc(C(=Nc2ccc3c(c2)C2(CC2)CO3)c2ccccc2)cc1. The monoisotopic (exact) mass is 325 g/mol. The maximum Gasteiger partial charge on any atom is 0.123 e. The fourth-order valence-corrected chi connectivity index (χ4v) is 3.60. The first-order chi connectivity index (χ1) is 12.3. The fourth-order valence-electron chi connectivity index (χ4n) is 3.60. The zero-order valence-electron chi connectivity index (χ0n) is 14.0. The van der Waals surface area contributed by atoms with Crippen LogP contribution in [0, 0.1) is 0 Å². The summed E-state index contributed by atoms with van der Waals surface area (Å²) in [5, 5.41) is 0. The summed E-state index contributed by atoms with van der Waals surface area (Å²) in [5.74, 6) is 1.04. The van der Waals surface area contributed by atoms with Crippen LogP contribution in [-0.2, 0) is 5.41 Å². The van der Waals surface area contributed by atoms with Gasteiger partial charge < -0.3 is 4.74 Å². The lowest BCUT2D eigenvalue weighted by molar-refractivity contribution is 0.323. The van der Waals surface area contributed by atoms with Gasteiger partial charge in [0.25, 0.3) is 0 Å². The maximum atomic E-state index is 5.86. The molecule has 1 aliphatic carbocycles. The second-order valence-corrected chi connectivity index (χ2v) is 6.94. The molecule has 0 saturated heterocycles. The lowest BCUT2D eigenvalue weighted by Crippen LogP contribution is -2.07. The van der Waals surface area contributed by atoms with Crippen molar-refractivity contribution in [3.63, 3.8) is 0 Å². The Bertz CT molecular complexity index is 899. The van der Waals surface area contributed by atoms with E-state index in [1.165, 1.54) is 18.4 Å². The Kier molecular flexibility index (Phi) is 3.24. The van der Waals surface area contributed by atoms with Crippen LogP contribution in [0.25, 0.3) is 0 Å². The minimum absolute atomic E-state index is 0.278. The van der Waals surface area contributed by atoms with Crippen molar-refractivity contribution >= 4 is 11.4 Å². The molecule has 1 heterocycles. The Morgan fingerprint density at radius 1 is 0.800 bits per heavy atom. The molecule has 0 bridgehead atoms. The van der Waals surface area contributed by atoms with Gasteiger partial charge in [-0.05, 0) is 31.0 Å². The molecule has 2 aliphatic rings. The van der Waals surface area contributed by atoms with E-state index in [4.69, 9.17) is 9.73 Å². The maximum absolute atomic E-state index is 5.86. The molecule has 0 unspecified atom stereocenters. The van der Waals surface area contributed by atoms with Crippen molar-refractivity contribution in [1.29, 1.82) is 0 Å². The average Bonchev–Trinajstić information content (AvgIpc) is 3.38. The third kappa shape index (κ3) is 2.54. The van der Waals surface area contributed by atoms with E-state index in [1.54, 1.807) is 0 Å².